The number of carbonyl (C=O) groups is 1. The molecule has 1 N–H and O–H groups in total. The minimum absolute atomic E-state index is 0.202. The second-order valence-corrected chi connectivity index (χ2v) is 6.54. The maximum absolute atomic E-state index is 12.4. The normalized spacial score (nSPS) is 16.4. The molecular formula is C18H20N6O. The smallest absolute Gasteiger partial charge is 0.275 e. The van der Waals surface area contributed by atoms with Crippen molar-refractivity contribution in [3.8, 4) is 0 Å². The summed E-state index contributed by atoms with van der Waals surface area (Å²) in [5.74, 6) is 1.41. The number of nitrogens with zero attached hydrogens (tertiary/aromatic N) is 5. The van der Waals surface area contributed by atoms with Gasteiger partial charge < -0.3 is 9.88 Å². The lowest BCUT2D eigenvalue weighted by molar-refractivity contribution is 0.102. The number of amides is 1. The standard InChI is InChI=1S/C18H20N6O/c1-13-5-7-23-12-16(22-17(23)8-13)18(25)21-15-9-20-24(11-15)10-14-4-2-3-6-19-14/h2-4,6,9,11-13H,5,7-8,10H2,1H3,(H,21,25). The quantitative estimate of drug-likeness (QED) is 0.793. The van der Waals surface area contributed by atoms with Crippen molar-refractivity contribution in [3.05, 3.63) is 60.2 Å². The summed E-state index contributed by atoms with van der Waals surface area (Å²) < 4.78 is 3.83. The van der Waals surface area contributed by atoms with Crippen LogP contribution in [0.4, 0.5) is 5.69 Å². The van der Waals surface area contributed by atoms with Crippen LogP contribution in [0.2, 0.25) is 0 Å². The van der Waals surface area contributed by atoms with Gasteiger partial charge in [-0.3, -0.25) is 14.5 Å². The number of hydrogen-bond acceptors (Lipinski definition) is 4. The van der Waals surface area contributed by atoms with Gasteiger partial charge in [0.2, 0.25) is 0 Å². The van der Waals surface area contributed by atoms with Gasteiger partial charge in [0, 0.05) is 31.6 Å². The molecule has 0 fully saturated rings. The number of rotatable bonds is 4. The third-order valence-corrected chi connectivity index (χ3v) is 4.43. The molecule has 1 amide bonds. The van der Waals surface area contributed by atoms with Crippen molar-refractivity contribution in [3.63, 3.8) is 0 Å². The molecule has 1 atom stereocenters. The lowest BCUT2D eigenvalue weighted by atomic mass is 10.0. The van der Waals surface area contributed by atoms with E-state index in [-0.39, 0.29) is 5.91 Å². The molecule has 1 aliphatic rings. The van der Waals surface area contributed by atoms with E-state index in [9.17, 15) is 4.79 Å². The molecule has 1 aliphatic heterocycles. The SMILES string of the molecule is CC1CCn2cc(C(=O)Nc3cnn(Cc4ccccn4)c3)nc2C1. The third-order valence-electron chi connectivity index (χ3n) is 4.43. The van der Waals surface area contributed by atoms with E-state index in [2.05, 4.69) is 31.9 Å². The Morgan fingerprint density at radius 3 is 3.12 bits per heavy atom. The zero-order valence-electron chi connectivity index (χ0n) is 14.1. The van der Waals surface area contributed by atoms with Crippen LogP contribution in [0.15, 0.2) is 43.0 Å². The summed E-state index contributed by atoms with van der Waals surface area (Å²) in [5.41, 5.74) is 2.03. The van der Waals surface area contributed by atoms with Crippen LogP contribution in [0.3, 0.4) is 0 Å². The average molecular weight is 336 g/mol. The van der Waals surface area contributed by atoms with Gasteiger partial charge in [0.25, 0.3) is 5.91 Å². The van der Waals surface area contributed by atoms with Crippen LogP contribution < -0.4 is 5.32 Å². The molecule has 0 saturated heterocycles. The van der Waals surface area contributed by atoms with Gasteiger partial charge in [0.05, 0.1) is 24.1 Å². The predicted octanol–water partition coefficient (Wildman–Crippen LogP) is 2.36. The second kappa shape index (κ2) is 6.51. The van der Waals surface area contributed by atoms with Crippen LogP contribution >= 0.6 is 0 Å². The van der Waals surface area contributed by atoms with E-state index < -0.39 is 0 Å². The molecule has 4 rings (SSSR count). The number of fused-ring (bicyclic) bond motifs is 1. The van der Waals surface area contributed by atoms with Gasteiger partial charge in [-0.15, -0.1) is 0 Å². The molecule has 1 unspecified atom stereocenters. The number of carbonyl (C=O) groups excluding carboxylic acids is 1. The number of imidazole rings is 1. The lowest BCUT2D eigenvalue weighted by Crippen LogP contribution is -2.16. The fourth-order valence-electron chi connectivity index (χ4n) is 3.06. The largest absolute Gasteiger partial charge is 0.334 e. The molecular weight excluding hydrogens is 316 g/mol. The van der Waals surface area contributed by atoms with E-state index in [1.807, 2.05) is 24.4 Å². The third kappa shape index (κ3) is 3.45. The molecule has 0 spiro atoms. The fourth-order valence-corrected chi connectivity index (χ4v) is 3.06. The van der Waals surface area contributed by atoms with E-state index in [1.165, 1.54) is 0 Å². The molecule has 0 radical (unpaired) electrons. The molecule has 128 valence electrons. The minimum Gasteiger partial charge on any atom is -0.334 e. The zero-order chi connectivity index (χ0) is 17.2. The Morgan fingerprint density at radius 1 is 1.36 bits per heavy atom. The number of aryl methyl sites for hydroxylation is 1. The van der Waals surface area contributed by atoms with Gasteiger partial charge in [0.1, 0.15) is 11.5 Å². The van der Waals surface area contributed by atoms with Crippen molar-refractivity contribution in [2.45, 2.75) is 32.9 Å². The Bertz CT molecular complexity index is 882. The molecule has 0 aliphatic carbocycles. The van der Waals surface area contributed by atoms with Crippen molar-refractivity contribution in [1.29, 1.82) is 0 Å². The molecule has 0 aromatic carbocycles. The van der Waals surface area contributed by atoms with Gasteiger partial charge in [-0.2, -0.15) is 5.10 Å². The minimum atomic E-state index is -0.202. The van der Waals surface area contributed by atoms with Crippen LogP contribution in [-0.2, 0) is 19.5 Å². The number of nitrogens with one attached hydrogen (secondary N) is 1. The highest BCUT2D eigenvalue weighted by Gasteiger charge is 2.20. The average Bonchev–Trinajstić information content (AvgIpc) is 3.22. The Hall–Kier alpha value is -2.96. The molecule has 7 heteroatoms. The van der Waals surface area contributed by atoms with Gasteiger partial charge in [-0.1, -0.05) is 13.0 Å². The van der Waals surface area contributed by atoms with E-state index in [0.29, 0.717) is 23.8 Å². The Labute approximate surface area is 145 Å². The summed E-state index contributed by atoms with van der Waals surface area (Å²) in [4.78, 5) is 21.2. The summed E-state index contributed by atoms with van der Waals surface area (Å²) in [5, 5.41) is 7.14. The highest BCUT2D eigenvalue weighted by atomic mass is 16.1. The summed E-state index contributed by atoms with van der Waals surface area (Å²) in [6.07, 6.45) is 9.08. The van der Waals surface area contributed by atoms with Crippen LogP contribution in [0.5, 0.6) is 0 Å². The lowest BCUT2D eigenvalue weighted by Gasteiger charge is -2.18. The van der Waals surface area contributed by atoms with Crippen LogP contribution in [0.1, 0.15) is 35.4 Å². The first-order chi connectivity index (χ1) is 12.2. The maximum Gasteiger partial charge on any atom is 0.275 e. The maximum atomic E-state index is 12.4. The highest BCUT2D eigenvalue weighted by molar-refractivity contribution is 6.02. The molecule has 3 aromatic heterocycles. The summed E-state index contributed by atoms with van der Waals surface area (Å²) in [6, 6.07) is 5.76. The topological polar surface area (TPSA) is 77.6 Å². The van der Waals surface area contributed by atoms with E-state index in [1.54, 1.807) is 23.3 Å². The predicted molar refractivity (Wildman–Crippen MR) is 93.2 cm³/mol. The van der Waals surface area contributed by atoms with Crippen molar-refractivity contribution in [2.75, 3.05) is 5.32 Å². The Kier molecular flexibility index (Phi) is 4.05. The molecule has 0 saturated carbocycles. The molecule has 4 heterocycles. The van der Waals surface area contributed by atoms with Crippen LogP contribution in [-0.4, -0.2) is 30.2 Å². The Morgan fingerprint density at radius 2 is 2.28 bits per heavy atom. The van der Waals surface area contributed by atoms with Crippen LogP contribution in [0, 0.1) is 5.92 Å². The van der Waals surface area contributed by atoms with Gasteiger partial charge in [0.15, 0.2) is 0 Å². The molecule has 3 aromatic rings. The highest BCUT2D eigenvalue weighted by Crippen LogP contribution is 2.20. The fraction of sp³-hybridized carbons (Fsp3) is 0.333. The van der Waals surface area contributed by atoms with Crippen molar-refractivity contribution in [2.24, 2.45) is 5.92 Å². The number of aromatic nitrogens is 5. The second-order valence-electron chi connectivity index (χ2n) is 6.54. The van der Waals surface area contributed by atoms with Gasteiger partial charge in [-0.05, 0) is 24.5 Å². The van der Waals surface area contributed by atoms with Crippen molar-refractivity contribution >= 4 is 11.6 Å². The zero-order valence-corrected chi connectivity index (χ0v) is 14.1. The van der Waals surface area contributed by atoms with Gasteiger partial charge in [-0.25, -0.2) is 4.98 Å². The Balaban J connectivity index is 1.43. The first-order valence-electron chi connectivity index (χ1n) is 8.47. The molecule has 7 nitrogen and oxygen atoms in total. The van der Waals surface area contributed by atoms with E-state index >= 15 is 0 Å². The summed E-state index contributed by atoms with van der Waals surface area (Å²) in [6.45, 7) is 3.71. The van der Waals surface area contributed by atoms with E-state index in [4.69, 9.17) is 0 Å². The monoisotopic (exact) mass is 336 g/mol. The number of pyridine rings is 1. The van der Waals surface area contributed by atoms with E-state index in [0.717, 1.165) is 30.9 Å². The number of hydrogen-bond donors (Lipinski definition) is 1. The first-order valence-corrected chi connectivity index (χ1v) is 8.47. The van der Waals surface area contributed by atoms with Crippen molar-refractivity contribution < 1.29 is 4.79 Å². The first kappa shape index (κ1) is 15.6. The summed E-state index contributed by atoms with van der Waals surface area (Å²) >= 11 is 0. The van der Waals surface area contributed by atoms with Crippen molar-refractivity contribution in [1.82, 2.24) is 24.3 Å². The van der Waals surface area contributed by atoms with Crippen LogP contribution in [0.25, 0.3) is 0 Å². The molecule has 0 bridgehead atoms. The van der Waals surface area contributed by atoms with Gasteiger partial charge >= 0.3 is 0 Å². The number of anilines is 1. The molecule has 25 heavy (non-hydrogen) atoms. The summed E-state index contributed by atoms with van der Waals surface area (Å²) in [7, 11) is 0.